The van der Waals surface area contributed by atoms with Gasteiger partial charge in [0.05, 0.1) is 16.8 Å². The van der Waals surface area contributed by atoms with Crippen molar-refractivity contribution in [2.75, 3.05) is 18.8 Å². The fourth-order valence-electron chi connectivity index (χ4n) is 2.12. The number of carbonyl (C=O) groups excluding carboxylic acids is 2. The number of nitrogens with zero attached hydrogens (tertiary/aromatic N) is 2. The molecule has 1 aromatic heterocycles. The summed E-state index contributed by atoms with van der Waals surface area (Å²) in [4.78, 5) is 29.4. The first-order chi connectivity index (χ1) is 10.2. The summed E-state index contributed by atoms with van der Waals surface area (Å²) >= 11 is 2.91. The van der Waals surface area contributed by atoms with Crippen LogP contribution in [0.2, 0.25) is 0 Å². The molecule has 0 spiro atoms. The molecule has 0 saturated carbocycles. The van der Waals surface area contributed by atoms with Crippen LogP contribution in [0, 0.1) is 0 Å². The van der Waals surface area contributed by atoms with Gasteiger partial charge in [-0.05, 0) is 12.1 Å². The lowest BCUT2D eigenvalue weighted by molar-refractivity contribution is -0.121. The maximum absolute atomic E-state index is 11.8. The molecule has 1 saturated heterocycles. The van der Waals surface area contributed by atoms with Gasteiger partial charge in [0.1, 0.15) is 5.01 Å². The van der Waals surface area contributed by atoms with Gasteiger partial charge in [-0.2, -0.15) is 0 Å². The van der Waals surface area contributed by atoms with E-state index in [1.54, 1.807) is 16.2 Å². The zero-order valence-electron chi connectivity index (χ0n) is 11.4. The van der Waals surface area contributed by atoms with Gasteiger partial charge < -0.3 is 10.2 Å². The fraction of sp³-hybridized carbons (Fsp3) is 0.357. The Hall–Kier alpha value is -1.60. The van der Waals surface area contributed by atoms with E-state index in [9.17, 15) is 9.59 Å². The summed E-state index contributed by atoms with van der Waals surface area (Å²) in [5.74, 6) is 0.783. The van der Waals surface area contributed by atoms with E-state index < -0.39 is 0 Å². The molecule has 0 radical (unpaired) electrons. The lowest BCUT2D eigenvalue weighted by Crippen LogP contribution is -2.30. The zero-order valence-corrected chi connectivity index (χ0v) is 13.0. The molecule has 2 amide bonds. The number of thioether (sulfide) groups is 1. The van der Waals surface area contributed by atoms with Crippen LogP contribution in [0.25, 0.3) is 10.2 Å². The van der Waals surface area contributed by atoms with Crippen LogP contribution in [0.4, 0.5) is 4.79 Å². The number of hydrogen-bond acceptors (Lipinski definition) is 5. The summed E-state index contributed by atoms with van der Waals surface area (Å²) in [5, 5.41) is 3.84. The highest BCUT2D eigenvalue weighted by molar-refractivity contribution is 8.13. The number of amides is 2. The predicted octanol–water partition coefficient (Wildman–Crippen LogP) is 2.47. The highest BCUT2D eigenvalue weighted by Crippen LogP contribution is 2.21. The van der Waals surface area contributed by atoms with Crippen molar-refractivity contribution in [2.45, 2.75) is 13.0 Å². The first-order valence-corrected chi connectivity index (χ1v) is 8.55. The molecule has 1 fully saturated rings. The molecule has 5 nitrogen and oxygen atoms in total. The highest BCUT2D eigenvalue weighted by atomic mass is 32.2. The van der Waals surface area contributed by atoms with Gasteiger partial charge in [-0.15, -0.1) is 11.3 Å². The molecular weight excluding hydrogens is 306 g/mol. The number of para-hydroxylation sites is 1. The zero-order chi connectivity index (χ0) is 14.7. The van der Waals surface area contributed by atoms with E-state index in [1.807, 2.05) is 24.3 Å². The number of nitrogens with one attached hydrogen (secondary N) is 1. The molecule has 21 heavy (non-hydrogen) atoms. The van der Waals surface area contributed by atoms with Crippen LogP contribution in [0.5, 0.6) is 0 Å². The highest BCUT2D eigenvalue weighted by Gasteiger charge is 2.21. The summed E-state index contributed by atoms with van der Waals surface area (Å²) in [6.07, 6.45) is 0.344. The number of rotatable bonds is 5. The van der Waals surface area contributed by atoms with E-state index in [-0.39, 0.29) is 11.1 Å². The molecular formula is C14H15N3O2S2. The SMILES string of the molecule is O=C(CCN1CCSC1=O)NCc1nc2ccccc2s1. The molecule has 1 aliphatic heterocycles. The van der Waals surface area contributed by atoms with Crippen molar-refractivity contribution in [2.24, 2.45) is 0 Å². The molecule has 1 N–H and O–H groups in total. The number of aromatic nitrogens is 1. The second-order valence-corrected chi connectivity index (χ2v) is 6.86. The van der Waals surface area contributed by atoms with Gasteiger partial charge in [0, 0.05) is 25.3 Å². The van der Waals surface area contributed by atoms with Crippen molar-refractivity contribution in [1.82, 2.24) is 15.2 Å². The van der Waals surface area contributed by atoms with Crippen LogP contribution in [0.15, 0.2) is 24.3 Å². The van der Waals surface area contributed by atoms with Gasteiger partial charge in [-0.3, -0.25) is 9.59 Å². The van der Waals surface area contributed by atoms with Crippen molar-refractivity contribution in [1.29, 1.82) is 0 Å². The topological polar surface area (TPSA) is 62.3 Å². The Kier molecular flexibility index (Phi) is 4.40. The Labute approximate surface area is 130 Å². The summed E-state index contributed by atoms with van der Waals surface area (Å²) in [5.41, 5.74) is 0.964. The summed E-state index contributed by atoms with van der Waals surface area (Å²) in [6, 6.07) is 7.92. The summed E-state index contributed by atoms with van der Waals surface area (Å²) in [7, 11) is 0. The van der Waals surface area contributed by atoms with Gasteiger partial charge in [-0.25, -0.2) is 4.98 Å². The van der Waals surface area contributed by atoms with E-state index in [1.165, 1.54) is 11.8 Å². The predicted molar refractivity (Wildman–Crippen MR) is 85.5 cm³/mol. The second kappa shape index (κ2) is 6.44. The molecule has 2 heterocycles. The Bertz CT molecular complexity index is 638. The number of thiazole rings is 1. The van der Waals surface area contributed by atoms with Crippen molar-refractivity contribution in [3.8, 4) is 0 Å². The lowest BCUT2D eigenvalue weighted by atomic mass is 10.3. The normalized spacial score (nSPS) is 14.9. The fourth-order valence-corrected chi connectivity index (χ4v) is 3.88. The Balaban J connectivity index is 1.48. The van der Waals surface area contributed by atoms with E-state index in [0.29, 0.717) is 19.5 Å². The van der Waals surface area contributed by atoms with Crippen LogP contribution in [0.1, 0.15) is 11.4 Å². The molecule has 0 atom stereocenters. The van der Waals surface area contributed by atoms with Crippen LogP contribution in [-0.4, -0.2) is 39.9 Å². The van der Waals surface area contributed by atoms with Crippen LogP contribution >= 0.6 is 23.1 Å². The van der Waals surface area contributed by atoms with Gasteiger partial charge >= 0.3 is 0 Å². The molecule has 1 aromatic carbocycles. The van der Waals surface area contributed by atoms with E-state index in [2.05, 4.69) is 10.3 Å². The Morgan fingerprint density at radius 2 is 2.24 bits per heavy atom. The first-order valence-electron chi connectivity index (χ1n) is 6.75. The molecule has 110 valence electrons. The molecule has 0 unspecified atom stereocenters. The maximum atomic E-state index is 11.8. The third-order valence-corrected chi connectivity index (χ3v) is 5.16. The molecule has 0 bridgehead atoms. The largest absolute Gasteiger partial charge is 0.350 e. The molecule has 0 aliphatic carbocycles. The Morgan fingerprint density at radius 1 is 1.38 bits per heavy atom. The van der Waals surface area contributed by atoms with Crippen molar-refractivity contribution in [3.63, 3.8) is 0 Å². The standard InChI is InChI=1S/C14H15N3O2S2/c18-12(5-6-17-7-8-20-14(17)19)15-9-13-16-10-3-1-2-4-11(10)21-13/h1-4H,5-9H2,(H,15,18). The van der Waals surface area contributed by atoms with Crippen molar-refractivity contribution in [3.05, 3.63) is 29.3 Å². The monoisotopic (exact) mass is 321 g/mol. The number of benzene rings is 1. The van der Waals surface area contributed by atoms with E-state index in [0.717, 1.165) is 27.5 Å². The van der Waals surface area contributed by atoms with Gasteiger partial charge in [-0.1, -0.05) is 23.9 Å². The first kappa shape index (κ1) is 14.3. The average molecular weight is 321 g/mol. The third-order valence-electron chi connectivity index (χ3n) is 3.23. The lowest BCUT2D eigenvalue weighted by Gasteiger charge is -2.13. The smallest absolute Gasteiger partial charge is 0.281 e. The van der Waals surface area contributed by atoms with Crippen LogP contribution in [-0.2, 0) is 11.3 Å². The number of carbonyl (C=O) groups is 2. The summed E-state index contributed by atoms with van der Waals surface area (Å²) < 4.78 is 1.13. The Morgan fingerprint density at radius 3 is 3.00 bits per heavy atom. The quantitative estimate of drug-likeness (QED) is 0.919. The van der Waals surface area contributed by atoms with Crippen molar-refractivity contribution >= 4 is 44.5 Å². The minimum atomic E-state index is -0.0426. The van der Waals surface area contributed by atoms with Crippen molar-refractivity contribution < 1.29 is 9.59 Å². The molecule has 3 rings (SSSR count). The van der Waals surface area contributed by atoms with E-state index in [4.69, 9.17) is 0 Å². The van der Waals surface area contributed by atoms with Crippen LogP contribution < -0.4 is 5.32 Å². The molecule has 2 aromatic rings. The molecule has 7 heteroatoms. The number of hydrogen-bond donors (Lipinski definition) is 1. The third kappa shape index (κ3) is 3.54. The summed E-state index contributed by atoms with van der Waals surface area (Å²) in [6.45, 7) is 1.69. The number of fused-ring (bicyclic) bond motifs is 1. The van der Waals surface area contributed by atoms with Gasteiger partial charge in [0.15, 0.2) is 0 Å². The molecule has 1 aliphatic rings. The second-order valence-electron chi connectivity index (χ2n) is 4.70. The average Bonchev–Trinajstić information content (AvgIpc) is 3.08. The maximum Gasteiger partial charge on any atom is 0.281 e. The minimum Gasteiger partial charge on any atom is -0.350 e. The minimum absolute atomic E-state index is 0.0426. The van der Waals surface area contributed by atoms with Crippen LogP contribution in [0.3, 0.4) is 0 Å². The van der Waals surface area contributed by atoms with E-state index >= 15 is 0 Å². The van der Waals surface area contributed by atoms with Gasteiger partial charge in [0.2, 0.25) is 5.91 Å². The van der Waals surface area contributed by atoms with Gasteiger partial charge in [0.25, 0.3) is 5.24 Å².